The fourth-order valence-corrected chi connectivity index (χ4v) is 3.69. The fourth-order valence-electron chi connectivity index (χ4n) is 3.44. The average Bonchev–Trinajstić information content (AvgIpc) is 3.22. The van der Waals surface area contributed by atoms with Crippen LogP contribution >= 0.6 is 11.6 Å². The Labute approximate surface area is 173 Å². The van der Waals surface area contributed by atoms with Gasteiger partial charge < -0.3 is 14.8 Å². The maximum Gasteiger partial charge on any atom is 0.295 e. The van der Waals surface area contributed by atoms with Crippen molar-refractivity contribution < 1.29 is 14.4 Å². The van der Waals surface area contributed by atoms with E-state index in [2.05, 4.69) is 9.97 Å². The lowest BCUT2D eigenvalue weighted by Crippen LogP contribution is -2.52. The van der Waals surface area contributed by atoms with Crippen LogP contribution in [0.1, 0.15) is 20.7 Å². The van der Waals surface area contributed by atoms with E-state index in [1.165, 1.54) is 17.3 Å². The molecule has 1 aliphatic heterocycles. The second-order valence-corrected chi connectivity index (χ2v) is 7.13. The minimum Gasteiger partial charge on any atom is -0.360 e. The molecule has 3 aromatic rings. The summed E-state index contributed by atoms with van der Waals surface area (Å²) in [5.41, 5.74) is 1.38. The first-order valence-electron chi connectivity index (χ1n) is 9.06. The zero-order valence-corrected chi connectivity index (χ0v) is 16.1. The summed E-state index contributed by atoms with van der Waals surface area (Å²) in [7, 11) is 5.80. The number of pyridine rings is 1. The number of rotatable bonds is 3. The summed E-state index contributed by atoms with van der Waals surface area (Å²) >= 11 is 6.16. The number of H-pyrrole nitrogens is 1. The number of amides is 2. The van der Waals surface area contributed by atoms with Gasteiger partial charge in [-0.05, 0) is 12.1 Å². The van der Waals surface area contributed by atoms with Gasteiger partial charge in [0.05, 0.1) is 16.1 Å². The Kier molecular flexibility index (Phi) is 5.11. The number of hydrogen-bond acceptors (Lipinski definition) is 4. The Bertz CT molecular complexity index is 1110. The number of Topliss-reactive ketones (excluding diaryl/α,β-unsaturated/α-hetero) is 1. The molecule has 0 saturated carbocycles. The van der Waals surface area contributed by atoms with Crippen molar-refractivity contribution in [2.24, 2.45) is 0 Å². The third kappa shape index (κ3) is 3.51. The number of ketones is 1. The van der Waals surface area contributed by atoms with Gasteiger partial charge in [-0.15, -0.1) is 0 Å². The molecule has 1 aromatic carbocycles. The molecule has 7 nitrogen and oxygen atoms in total. The zero-order chi connectivity index (χ0) is 20.5. The van der Waals surface area contributed by atoms with Crippen molar-refractivity contribution in [1.82, 2.24) is 19.8 Å². The molecule has 4 rings (SSSR count). The molecule has 2 amide bonds. The predicted octanol–water partition coefficient (Wildman–Crippen LogP) is 1.18. The third-order valence-electron chi connectivity index (χ3n) is 5.01. The normalized spacial score (nSPS) is 14.2. The van der Waals surface area contributed by atoms with Crippen molar-refractivity contribution in [3.8, 4) is 0 Å². The van der Waals surface area contributed by atoms with Crippen LogP contribution in [0, 0.1) is 0 Å². The summed E-state index contributed by atoms with van der Waals surface area (Å²) < 4.78 is 0. The van der Waals surface area contributed by atoms with E-state index in [-0.39, 0.29) is 35.2 Å². The monoisotopic (exact) mass is 406 g/mol. The van der Waals surface area contributed by atoms with Crippen LogP contribution in [-0.2, 0) is 4.79 Å². The topological polar surface area (TPSA) is 86.4 Å². The van der Waals surface area contributed by atoms with Gasteiger partial charge >= 0.3 is 0 Å². The first-order chi connectivity index (χ1) is 14.0. The van der Waals surface area contributed by atoms with Gasteiger partial charge in [-0.2, -0.15) is 0 Å². The zero-order valence-electron chi connectivity index (χ0n) is 15.4. The highest BCUT2D eigenvalue weighted by atomic mass is 35.5. The molecule has 1 fully saturated rings. The van der Waals surface area contributed by atoms with E-state index in [0.717, 1.165) is 0 Å². The van der Waals surface area contributed by atoms with Crippen LogP contribution in [0.4, 0.5) is 0 Å². The number of piperazine rings is 1. The van der Waals surface area contributed by atoms with E-state index in [9.17, 15) is 14.4 Å². The molecule has 0 aliphatic carbocycles. The van der Waals surface area contributed by atoms with E-state index in [1.807, 2.05) is 6.07 Å². The van der Waals surface area contributed by atoms with Gasteiger partial charge in [-0.25, -0.2) is 0 Å². The molecule has 29 heavy (non-hydrogen) atoms. The van der Waals surface area contributed by atoms with Crippen molar-refractivity contribution in [2.45, 2.75) is 0 Å². The SMILES string of the molecule is [B]c1ncc(Cl)c2c(C(=O)C(=O)N3CCN(C(=O)c4ccccc4)CC3)c[nH]c12. The number of benzene rings is 1. The Balaban J connectivity index is 1.47. The van der Waals surface area contributed by atoms with Crippen LogP contribution in [0.5, 0.6) is 0 Å². The molecule has 0 atom stereocenters. The van der Waals surface area contributed by atoms with E-state index in [4.69, 9.17) is 19.4 Å². The number of nitrogens with zero attached hydrogens (tertiary/aromatic N) is 3. The van der Waals surface area contributed by atoms with Gasteiger partial charge in [0.2, 0.25) is 0 Å². The number of fused-ring (bicyclic) bond motifs is 1. The molecular formula is C20H16BClN4O3. The molecule has 1 N–H and O–H groups in total. The van der Waals surface area contributed by atoms with Crippen LogP contribution in [0.15, 0.2) is 42.7 Å². The summed E-state index contributed by atoms with van der Waals surface area (Å²) in [6.07, 6.45) is 2.77. The van der Waals surface area contributed by atoms with Gasteiger partial charge in [0, 0.05) is 55.1 Å². The van der Waals surface area contributed by atoms with Crippen LogP contribution in [0.25, 0.3) is 10.9 Å². The Morgan fingerprint density at radius 1 is 1.03 bits per heavy atom. The number of halogens is 1. The van der Waals surface area contributed by atoms with Gasteiger partial charge in [-0.1, -0.05) is 29.8 Å². The quantitative estimate of drug-likeness (QED) is 0.402. The van der Waals surface area contributed by atoms with Gasteiger partial charge in [0.1, 0.15) is 7.85 Å². The number of carbonyl (C=O) groups is 3. The molecule has 3 heterocycles. The number of nitrogens with one attached hydrogen (secondary N) is 1. The second kappa shape index (κ2) is 7.71. The molecule has 9 heteroatoms. The van der Waals surface area contributed by atoms with Crippen molar-refractivity contribution in [3.63, 3.8) is 0 Å². The lowest BCUT2D eigenvalue weighted by Gasteiger charge is -2.34. The Hall–Kier alpha value is -3.13. The predicted molar refractivity (Wildman–Crippen MR) is 110 cm³/mol. The first kappa shape index (κ1) is 19.2. The van der Waals surface area contributed by atoms with Crippen LogP contribution in [0.3, 0.4) is 0 Å². The number of aromatic amines is 1. The molecule has 2 aromatic heterocycles. The maximum absolute atomic E-state index is 12.8. The highest BCUT2D eigenvalue weighted by Crippen LogP contribution is 2.25. The molecule has 0 unspecified atom stereocenters. The van der Waals surface area contributed by atoms with E-state index in [1.54, 1.807) is 29.2 Å². The van der Waals surface area contributed by atoms with E-state index < -0.39 is 11.7 Å². The molecule has 0 bridgehead atoms. The van der Waals surface area contributed by atoms with Gasteiger partial charge in [-0.3, -0.25) is 19.4 Å². The van der Waals surface area contributed by atoms with Crippen LogP contribution < -0.4 is 5.59 Å². The number of aromatic nitrogens is 2. The highest BCUT2D eigenvalue weighted by molar-refractivity contribution is 6.48. The lowest BCUT2D eigenvalue weighted by molar-refractivity contribution is -0.127. The largest absolute Gasteiger partial charge is 0.360 e. The van der Waals surface area contributed by atoms with Crippen LogP contribution in [-0.4, -0.2) is 71.4 Å². The smallest absolute Gasteiger partial charge is 0.295 e. The summed E-state index contributed by atoms with van der Waals surface area (Å²) in [4.78, 5) is 48.0. The summed E-state index contributed by atoms with van der Waals surface area (Å²) in [6, 6.07) is 8.97. The molecule has 1 aliphatic rings. The lowest BCUT2D eigenvalue weighted by atomic mass is 9.99. The minimum atomic E-state index is -0.674. The van der Waals surface area contributed by atoms with E-state index in [0.29, 0.717) is 29.6 Å². The number of carbonyl (C=O) groups excluding carboxylic acids is 3. The van der Waals surface area contributed by atoms with Gasteiger partial charge in [0.25, 0.3) is 17.6 Å². The maximum atomic E-state index is 12.8. The van der Waals surface area contributed by atoms with Gasteiger partial charge in [0.15, 0.2) is 0 Å². The second-order valence-electron chi connectivity index (χ2n) is 6.72. The van der Waals surface area contributed by atoms with Crippen LogP contribution in [0.2, 0.25) is 5.02 Å². The Morgan fingerprint density at radius 3 is 2.38 bits per heavy atom. The average molecular weight is 407 g/mol. The fraction of sp³-hybridized carbons (Fsp3) is 0.200. The van der Waals surface area contributed by atoms with E-state index >= 15 is 0 Å². The summed E-state index contributed by atoms with van der Waals surface area (Å²) in [5, 5.41) is 0.625. The van der Waals surface area contributed by atoms with Crippen molar-refractivity contribution in [2.75, 3.05) is 26.2 Å². The third-order valence-corrected chi connectivity index (χ3v) is 5.29. The summed E-state index contributed by atoms with van der Waals surface area (Å²) in [5.74, 6) is -1.40. The van der Waals surface area contributed by atoms with Crippen molar-refractivity contribution in [1.29, 1.82) is 0 Å². The standard InChI is InChI=1S/C20H16BClN4O3/c21-18-16-15(14(22)11-24-18)13(10-23-16)17(27)20(29)26-8-6-25(7-9-26)19(28)12-4-2-1-3-5-12/h1-5,10-11,23H,6-9H2. The number of hydrogen-bond donors (Lipinski definition) is 1. The van der Waals surface area contributed by atoms with Crippen molar-refractivity contribution in [3.05, 3.63) is 58.9 Å². The van der Waals surface area contributed by atoms with Crippen molar-refractivity contribution >= 4 is 53.5 Å². The highest BCUT2D eigenvalue weighted by Gasteiger charge is 2.30. The molecule has 2 radical (unpaired) electrons. The summed E-state index contributed by atoms with van der Waals surface area (Å²) in [6.45, 7) is 1.28. The molecule has 1 saturated heterocycles. The Morgan fingerprint density at radius 2 is 1.69 bits per heavy atom. The molecular weight excluding hydrogens is 391 g/mol. The minimum absolute atomic E-state index is 0.0876. The first-order valence-corrected chi connectivity index (χ1v) is 9.44. The molecule has 0 spiro atoms. The molecule has 144 valence electrons.